The van der Waals surface area contributed by atoms with Crippen LogP contribution >= 0.6 is 22.7 Å². The summed E-state index contributed by atoms with van der Waals surface area (Å²) in [6, 6.07) is 23.8. The highest BCUT2D eigenvalue weighted by molar-refractivity contribution is 7.12. The van der Waals surface area contributed by atoms with Crippen LogP contribution in [0.15, 0.2) is 88.5 Å². The molecular formula is C20H14N2OS2. The molecule has 0 bridgehead atoms. The SMILES string of the molecule is O=C(N=c1scc(-c2ccccc2)n1-c1ccccc1)c1cccs1. The Kier molecular flexibility index (Phi) is 4.41. The molecule has 0 saturated heterocycles. The van der Waals surface area contributed by atoms with Gasteiger partial charge < -0.3 is 0 Å². The molecule has 2 aromatic heterocycles. The Morgan fingerprint density at radius 1 is 0.840 bits per heavy atom. The first-order valence-electron chi connectivity index (χ1n) is 7.77. The van der Waals surface area contributed by atoms with Gasteiger partial charge in [0.15, 0.2) is 4.80 Å². The molecule has 0 radical (unpaired) electrons. The molecular weight excluding hydrogens is 348 g/mol. The van der Waals surface area contributed by atoms with Crippen LogP contribution in [0.4, 0.5) is 0 Å². The zero-order valence-electron chi connectivity index (χ0n) is 13.2. The van der Waals surface area contributed by atoms with Crippen LogP contribution in [0.5, 0.6) is 0 Å². The molecule has 0 aliphatic rings. The van der Waals surface area contributed by atoms with Gasteiger partial charge in [0.05, 0.1) is 10.6 Å². The van der Waals surface area contributed by atoms with E-state index in [0.717, 1.165) is 16.9 Å². The Bertz CT molecular complexity index is 1050. The Labute approximate surface area is 153 Å². The molecule has 2 heterocycles. The molecule has 4 aromatic rings. The van der Waals surface area contributed by atoms with E-state index in [1.807, 2.05) is 69.9 Å². The van der Waals surface area contributed by atoms with Crippen LogP contribution in [-0.4, -0.2) is 10.5 Å². The van der Waals surface area contributed by atoms with Gasteiger partial charge in [-0.1, -0.05) is 54.6 Å². The highest BCUT2D eigenvalue weighted by Crippen LogP contribution is 2.23. The minimum atomic E-state index is -0.207. The Morgan fingerprint density at radius 3 is 2.24 bits per heavy atom. The number of amides is 1. The maximum Gasteiger partial charge on any atom is 0.289 e. The quantitative estimate of drug-likeness (QED) is 0.504. The summed E-state index contributed by atoms with van der Waals surface area (Å²) in [6.45, 7) is 0. The topological polar surface area (TPSA) is 34.4 Å². The molecule has 0 unspecified atom stereocenters. The molecule has 4 rings (SSSR count). The van der Waals surface area contributed by atoms with E-state index in [0.29, 0.717) is 9.68 Å². The van der Waals surface area contributed by atoms with Gasteiger partial charge >= 0.3 is 0 Å². The second kappa shape index (κ2) is 7.01. The molecule has 2 aromatic carbocycles. The molecule has 0 aliphatic carbocycles. The van der Waals surface area contributed by atoms with E-state index in [-0.39, 0.29) is 5.91 Å². The number of benzene rings is 2. The van der Waals surface area contributed by atoms with Crippen molar-refractivity contribution < 1.29 is 4.79 Å². The van der Waals surface area contributed by atoms with Gasteiger partial charge in [-0.05, 0) is 29.1 Å². The summed E-state index contributed by atoms with van der Waals surface area (Å²) in [7, 11) is 0. The highest BCUT2D eigenvalue weighted by atomic mass is 32.1. The van der Waals surface area contributed by atoms with E-state index < -0.39 is 0 Å². The molecule has 0 atom stereocenters. The Hall–Kier alpha value is -2.76. The average molecular weight is 362 g/mol. The van der Waals surface area contributed by atoms with Gasteiger partial charge in [0.2, 0.25) is 0 Å². The van der Waals surface area contributed by atoms with E-state index in [4.69, 9.17) is 0 Å². The van der Waals surface area contributed by atoms with Crippen molar-refractivity contribution in [2.24, 2.45) is 4.99 Å². The number of carbonyl (C=O) groups is 1. The van der Waals surface area contributed by atoms with Crippen LogP contribution < -0.4 is 4.80 Å². The normalized spacial score (nSPS) is 11.6. The van der Waals surface area contributed by atoms with Gasteiger partial charge in [0.25, 0.3) is 5.91 Å². The predicted molar refractivity (Wildman–Crippen MR) is 103 cm³/mol. The summed E-state index contributed by atoms with van der Waals surface area (Å²) in [4.78, 5) is 18.1. The molecule has 1 amide bonds. The maximum atomic E-state index is 12.4. The number of nitrogens with zero attached hydrogens (tertiary/aromatic N) is 2. The highest BCUT2D eigenvalue weighted by Gasteiger charge is 2.12. The molecule has 0 fully saturated rings. The van der Waals surface area contributed by atoms with Crippen LogP contribution in [0, 0.1) is 0 Å². The number of para-hydroxylation sites is 1. The molecule has 5 heteroatoms. The van der Waals surface area contributed by atoms with E-state index in [1.54, 1.807) is 6.07 Å². The van der Waals surface area contributed by atoms with Gasteiger partial charge in [-0.15, -0.1) is 22.7 Å². The fourth-order valence-corrected chi connectivity index (χ4v) is 4.08. The van der Waals surface area contributed by atoms with Gasteiger partial charge in [0, 0.05) is 11.1 Å². The van der Waals surface area contributed by atoms with E-state index in [1.165, 1.54) is 22.7 Å². The third-order valence-corrected chi connectivity index (χ3v) is 5.40. The second-order valence-electron chi connectivity index (χ2n) is 5.33. The zero-order valence-corrected chi connectivity index (χ0v) is 14.8. The van der Waals surface area contributed by atoms with Crippen molar-refractivity contribution in [2.45, 2.75) is 0 Å². The van der Waals surface area contributed by atoms with Gasteiger partial charge in [-0.25, -0.2) is 0 Å². The lowest BCUT2D eigenvalue weighted by atomic mass is 10.1. The largest absolute Gasteiger partial charge is 0.289 e. The number of carbonyl (C=O) groups excluding carboxylic acids is 1. The maximum absolute atomic E-state index is 12.4. The number of aromatic nitrogens is 1. The monoisotopic (exact) mass is 362 g/mol. The van der Waals surface area contributed by atoms with Crippen LogP contribution in [0.3, 0.4) is 0 Å². The molecule has 122 valence electrons. The van der Waals surface area contributed by atoms with Crippen LogP contribution in [0.1, 0.15) is 9.67 Å². The molecule has 0 N–H and O–H groups in total. The van der Waals surface area contributed by atoms with Crippen LogP contribution in [-0.2, 0) is 0 Å². The third-order valence-electron chi connectivity index (χ3n) is 3.72. The second-order valence-corrected chi connectivity index (χ2v) is 7.12. The first-order chi connectivity index (χ1) is 12.3. The summed E-state index contributed by atoms with van der Waals surface area (Å²) >= 11 is 2.88. The summed E-state index contributed by atoms with van der Waals surface area (Å²) in [5, 5.41) is 3.93. The summed E-state index contributed by atoms with van der Waals surface area (Å²) in [5.41, 5.74) is 3.10. The van der Waals surface area contributed by atoms with E-state index in [9.17, 15) is 4.79 Å². The van der Waals surface area contributed by atoms with Crippen molar-refractivity contribution in [2.75, 3.05) is 0 Å². The Balaban J connectivity index is 1.91. The summed E-state index contributed by atoms with van der Waals surface area (Å²) < 4.78 is 2.03. The molecule has 0 spiro atoms. The van der Waals surface area contributed by atoms with E-state index >= 15 is 0 Å². The molecule has 3 nitrogen and oxygen atoms in total. The lowest BCUT2D eigenvalue weighted by molar-refractivity contribution is 0.100. The first-order valence-corrected chi connectivity index (χ1v) is 9.53. The number of hydrogen-bond donors (Lipinski definition) is 0. The zero-order chi connectivity index (χ0) is 17.1. The van der Waals surface area contributed by atoms with Crippen molar-refractivity contribution in [1.29, 1.82) is 0 Å². The smallest absolute Gasteiger partial charge is 0.285 e. The number of hydrogen-bond acceptors (Lipinski definition) is 3. The van der Waals surface area contributed by atoms with Crippen molar-refractivity contribution in [3.05, 3.63) is 93.2 Å². The number of thiophene rings is 1. The minimum Gasteiger partial charge on any atom is -0.285 e. The van der Waals surface area contributed by atoms with Crippen LogP contribution in [0.2, 0.25) is 0 Å². The molecule has 0 aliphatic heterocycles. The van der Waals surface area contributed by atoms with Gasteiger partial charge in [-0.3, -0.25) is 9.36 Å². The van der Waals surface area contributed by atoms with Crippen LogP contribution in [0.25, 0.3) is 16.9 Å². The number of rotatable bonds is 3. The Morgan fingerprint density at radius 2 is 1.56 bits per heavy atom. The van der Waals surface area contributed by atoms with Gasteiger partial charge in [-0.2, -0.15) is 4.99 Å². The van der Waals surface area contributed by atoms with Gasteiger partial charge in [0.1, 0.15) is 0 Å². The summed E-state index contributed by atoms with van der Waals surface area (Å²) in [6.07, 6.45) is 0. The predicted octanol–water partition coefficient (Wildman–Crippen LogP) is 5.01. The lowest BCUT2D eigenvalue weighted by Gasteiger charge is -2.09. The lowest BCUT2D eigenvalue weighted by Crippen LogP contribution is -2.16. The fourth-order valence-electron chi connectivity index (χ4n) is 2.57. The summed E-state index contributed by atoms with van der Waals surface area (Å²) in [5.74, 6) is -0.207. The minimum absolute atomic E-state index is 0.207. The molecule has 0 saturated carbocycles. The fraction of sp³-hybridized carbons (Fsp3) is 0. The molecule has 25 heavy (non-hydrogen) atoms. The first kappa shape index (κ1) is 15.7. The van der Waals surface area contributed by atoms with Crippen molar-refractivity contribution in [3.8, 4) is 16.9 Å². The number of thiazole rings is 1. The van der Waals surface area contributed by atoms with Crippen molar-refractivity contribution >= 4 is 28.6 Å². The van der Waals surface area contributed by atoms with E-state index in [2.05, 4.69) is 17.1 Å². The van der Waals surface area contributed by atoms with Crippen molar-refractivity contribution in [3.63, 3.8) is 0 Å². The standard InChI is InChI=1S/C20H14N2OS2/c23-19(18-12-7-13-24-18)21-20-22(16-10-5-2-6-11-16)17(14-25-20)15-8-3-1-4-9-15/h1-14H. The van der Waals surface area contributed by atoms with Crippen molar-refractivity contribution in [1.82, 2.24) is 4.57 Å². The average Bonchev–Trinajstić information content (AvgIpc) is 3.33. The third kappa shape index (κ3) is 3.24.